The maximum absolute atomic E-state index is 13.3. The summed E-state index contributed by atoms with van der Waals surface area (Å²) >= 11 is 0. The summed E-state index contributed by atoms with van der Waals surface area (Å²) in [5, 5.41) is 41.0. The van der Waals surface area contributed by atoms with Crippen LogP contribution in [0.2, 0.25) is 0 Å². The van der Waals surface area contributed by atoms with Crippen molar-refractivity contribution in [2.24, 2.45) is 0 Å². The molecule has 4 N–H and O–H groups in total. The molecule has 5 rings (SSSR count). The van der Waals surface area contributed by atoms with Gasteiger partial charge in [-0.25, -0.2) is 4.98 Å². The standard InChI is InChI=1S/C25H28N2O7.2C2H6/c1-3-18(33-25-23(31)22(30)21(29)19(11-28)34-25)15-9-17-20-14(10-27(17)24(32)12(15)2)8-13-6-4-5-7-16(13)26-20;2*1-2/h4-9,18-19,21-23,25,28-31H,3,10-11H2,1-2H3;2*1-2H3. The Morgan fingerprint density at radius 1 is 1.08 bits per heavy atom. The van der Waals surface area contributed by atoms with Crippen LogP contribution in [0, 0.1) is 6.92 Å². The van der Waals surface area contributed by atoms with Crippen molar-refractivity contribution in [3.05, 3.63) is 63.4 Å². The molecule has 0 aliphatic carbocycles. The van der Waals surface area contributed by atoms with Crippen LogP contribution in [0.1, 0.15) is 63.8 Å². The van der Waals surface area contributed by atoms with Crippen molar-refractivity contribution in [3.63, 3.8) is 0 Å². The van der Waals surface area contributed by atoms with E-state index in [0.717, 1.165) is 22.2 Å². The summed E-state index contributed by atoms with van der Waals surface area (Å²) in [6.07, 6.45) is -7.06. The van der Waals surface area contributed by atoms with Crippen LogP contribution in [0.3, 0.4) is 0 Å². The Kier molecular flexibility index (Phi) is 10.2. The molecular weight excluding hydrogens is 488 g/mol. The minimum Gasteiger partial charge on any atom is -0.394 e. The summed E-state index contributed by atoms with van der Waals surface area (Å²) in [4.78, 5) is 18.1. The molecule has 0 saturated carbocycles. The number of ether oxygens (including phenoxy) is 2. The second-order valence-corrected chi connectivity index (χ2v) is 8.92. The third kappa shape index (κ3) is 5.40. The summed E-state index contributed by atoms with van der Waals surface area (Å²) in [6, 6.07) is 11.7. The largest absolute Gasteiger partial charge is 0.394 e. The molecule has 6 unspecified atom stereocenters. The van der Waals surface area contributed by atoms with E-state index in [-0.39, 0.29) is 5.56 Å². The molecule has 3 aromatic rings. The number of pyridine rings is 2. The van der Waals surface area contributed by atoms with Gasteiger partial charge in [-0.05, 0) is 37.1 Å². The number of para-hydroxylation sites is 1. The van der Waals surface area contributed by atoms with Gasteiger partial charge in [0.1, 0.15) is 24.4 Å². The van der Waals surface area contributed by atoms with Gasteiger partial charge in [0.2, 0.25) is 0 Å². The Balaban J connectivity index is 0.000000956. The SMILES string of the molecule is CC.CC.CCC(OC1OC(CO)C(O)C(O)C1O)c1cc2n(c(=O)c1C)Cc1cc3ccccc3nc1-2. The van der Waals surface area contributed by atoms with E-state index in [4.69, 9.17) is 14.5 Å². The van der Waals surface area contributed by atoms with Crippen molar-refractivity contribution in [2.45, 2.75) is 91.3 Å². The van der Waals surface area contributed by atoms with Crippen LogP contribution < -0.4 is 5.56 Å². The Morgan fingerprint density at radius 3 is 2.42 bits per heavy atom. The second kappa shape index (κ2) is 12.9. The van der Waals surface area contributed by atoms with Gasteiger partial charge in [-0.3, -0.25) is 4.79 Å². The van der Waals surface area contributed by atoms with Crippen molar-refractivity contribution < 1.29 is 29.9 Å². The molecule has 4 heterocycles. The monoisotopic (exact) mass is 528 g/mol. The molecule has 0 radical (unpaired) electrons. The van der Waals surface area contributed by atoms with Crippen molar-refractivity contribution >= 4 is 10.9 Å². The van der Waals surface area contributed by atoms with E-state index in [1.54, 1.807) is 11.5 Å². The summed E-state index contributed by atoms with van der Waals surface area (Å²) in [5.74, 6) is 0. The summed E-state index contributed by atoms with van der Waals surface area (Å²) in [5.41, 5.74) is 4.26. The minimum absolute atomic E-state index is 0.148. The zero-order valence-electron chi connectivity index (χ0n) is 23.0. The molecule has 2 aliphatic rings. The second-order valence-electron chi connectivity index (χ2n) is 8.92. The summed E-state index contributed by atoms with van der Waals surface area (Å²) in [6.45, 7) is 11.5. The average molecular weight is 529 g/mol. The van der Waals surface area contributed by atoms with E-state index in [9.17, 15) is 25.2 Å². The Labute approximate surface area is 223 Å². The topological polar surface area (TPSA) is 134 Å². The first-order chi connectivity index (χ1) is 18.3. The van der Waals surface area contributed by atoms with Gasteiger partial charge in [-0.1, -0.05) is 52.8 Å². The smallest absolute Gasteiger partial charge is 0.254 e. The number of benzene rings is 1. The zero-order chi connectivity index (χ0) is 28.1. The van der Waals surface area contributed by atoms with E-state index in [2.05, 4.69) is 6.07 Å². The molecule has 0 bridgehead atoms. The molecule has 1 saturated heterocycles. The lowest BCUT2D eigenvalue weighted by Crippen LogP contribution is -2.59. The highest BCUT2D eigenvalue weighted by atomic mass is 16.7. The highest BCUT2D eigenvalue weighted by Gasteiger charge is 2.45. The Morgan fingerprint density at radius 2 is 1.76 bits per heavy atom. The average Bonchev–Trinajstić information content (AvgIpc) is 3.32. The predicted molar refractivity (Wildman–Crippen MR) is 146 cm³/mol. The predicted octanol–water partition coefficient (Wildman–Crippen LogP) is 3.05. The number of aliphatic hydroxyl groups is 4. The summed E-state index contributed by atoms with van der Waals surface area (Å²) in [7, 11) is 0. The van der Waals surface area contributed by atoms with Crippen molar-refractivity contribution in [1.29, 1.82) is 0 Å². The van der Waals surface area contributed by atoms with Crippen LogP contribution in [0.4, 0.5) is 0 Å². The molecule has 38 heavy (non-hydrogen) atoms. The fourth-order valence-corrected chi connectivity index (χ4v) is 4.86. The molecule has 0 spiro atoms. The van der Waals surface area contributed by atoms with Crippen molar-refractivity contribution in [1.82, 2.24) is 9.55 Å². The first kappa shape index (κ1) is 29.9. The van der Waals surface area contributed by atoms with Crippen LogP contribution in [0.25, 0.3) is 22.3 Å². The van der Waals surface area contributed by atoms with Crippen LogP contribution in [0.5, 0.6) is 0 Å². The van der Waals surface area contributed by atoms with E-state index < -0.39 is 43.4 Å². The van der Waals surface area contributed by atoms with E-state index in [0.29, 0.717) is 29.8 Å². The Hall–Kier alpha value is -2.66. The van der Waals surface area contributed by atoms with E-state index in [1.807, 2.05) is 65.0 Å². The molecule has 1 fully saturated rings. The molecular formula is C29H40N2O7. The molecule has 6 atom stereocenters. The first-order valence-corrected chi connectivity index (χ1v) is 13.4. The molecule has 2 aromatic heterocycles. The summed E-state index contributed by atoms with van der Waals surface area (Å²) < 4.78 is 13.2. The van der Waals surface area contributed by atoms with E-state index >= 15 is 0 Å². The van der Waals surface area contributed by atoms with Gasteiger partial charge < -0.3 is 34.5 Å². The number of aliphatic hydroxyl groups excluding tert-OH is 4. The van der Waals surface area contributed by atoms with Crippen LogP contribution >= 0.6 is 0 Å². The molecule has 2 aliphatic heterocycles. The number of rotatable bonds is 5. The molecule has 9 nitrogen and oxygen atoms in total. The minimum atomic E-state index is -1.54. The quantitative estimate of drug-likeness (QED) is 0.311. The maximum Gasteiger partial charge on any atom is 0.254 e. The van der Waals surface area contributed by atoms with Gasteiger partial charge in [-0.2, -0.15) is 0 Å². The van der Waals surface area contributed by atoms with Gasteiger partial charge in [0.15, 0.2) is 6.29 Å². The van der Waals surface area contributed by atoms with Gasteiger partial charge in [0, 0.05) is 16.5 Å². The highest BCUT2D eigenvalue weighted by molar-refractivity contribution is 5.83. The van der Waals surface area contributed by atoms with Gasteiger partial charge in [0.05, 0.1) is 36.2 Å². The normalized spacial score (nSPS) is 24.4. The lowest BCUT2D eigenvalue weighted by atomic mass is 9.98. The fraction of sp³-hybridized carbons (Fsp3) is 0.517. The number of hydrogen-bond donors (Lipinski definition) is 4. The van der Waals surface area contributed by atoms with E-state index in [1.165, 1.54) is 0 Å². The molecule has 1 aromatic carbocycles. The van der Waals surface area contributed by atoms with Crippen molar-refractivity contribution in [2.75, 3.05) is 6.61 Å². The maximum atomic E-state index is 13.3. The number of aromatic nitrogens is 2. The van der Waals surface area contributed by atoms with Gasteiger partial charge in [-0.15, -0.1) is 0 Å². The molecule has 208 valence electrons. The van der Waals surface area contributed by atoms with Crippen LogP contribution in [-0.4, -0.2) is 67.3 Å². The van der Waals surface area contributed by atoms with Crippen LogP contribution in [-0.2, 0) is 16.0 Å². The zero-order valence-corrected chi connectivity index (χ0v) is 23.0. The fourth-order valence-electron chi connectivity index (χ4n) is 4.86. The highest BCUT2D eigenvalue weighted by Crippen LogP contribution is 2.36. The number of nitrogens with zero attached hydrogens (tertiary/aromatic N) is 2. The first-order valence-electron chi connectivity index (χ1n) is 13.4. The van der Waals surface area contributed by atoms with Crippen LogP contribution in [0.15, 0.2) is 41.2 Å². The third-order valence-electron chi connectivity index (χ3n) is 6.82. The molecule has 9 heteroatoms. The third-order valence-corrected chi connectivity index (χ3v) is 6.82. The molecule has 0 amide bonds. The number of hydrogen-bond acceptors (Lipinski definition) is 8. The van der Waals surface area contributed by atoms with Gasteiger partial charge >= 0.3 is 0 Å². The Bertz CT molecular complexity index is 1290. The lowest BCUT2D eigenvalue weighted by molar-refractivity contribution is -0.312. The van der Waals surface area contributed by atoms with Gasteiger partial charge in [0.25, 0.3) is 5.56 Å². The number of fused-ring (bicyclic) bond motifs is 4. The lowest BCUT2D eigenvalue weighted by Gasteiger charge is -2.41. The van der Waals surface area contributed by atoms with Crippen molar-refractivity contribution in [3.8, 4) is 11.4 Å².